The number of nitrogens with zero attached hydrogens (tertiary/aromatic N) is 1. The molecule has 0 spiro atoms. The monoisotopic (exact) mass is 449 g/mol. The molecule has 32 heavy (non-hydrogen) atoms. The van der Waals surface area contributed by atoms with Crippen LogP contribution in [0.3, 0.4) is 0 Å². The van der Waals surface area contributed by atoms with E-state index in [1.165, 1.54) is 7.11 Å². The van der Waals surface area contributed by atoms with E-state index in [4.69, 9.17) is 21.7 Å². The Morgan fingerprint density at radius 1 is 1.03 bits per heavy atom. The molecule has 0 radical (unpaired) electrons. The van der Waals surface area contributed by atoms with E-state index in [2.05, 4.69) is 15.5 Å². The molecule has 4 rings (SSSR count). The van der Waals surface area contributed by atoms with Gasteiger partial charge in [0.25, 0.3) is 5.91 Å². The Bertz CT molecular complexity index is 1170. The zero-order chi connectivity index (χ0) is 22.5. The molecule has 8 heteroatoms. The van der Waals surface area contributed by atoms with Crippen molar-refractivity contribution in [1.82, 2.24) is 5.32 Å². The Labute approximate surface area is 191 Å². The number of amides is 1. The number of nitrogens with one attached hydrogen (secondary N) is 2. The van der Waals surface area contributed by atoms with Gasteiger partial charge in [0.2, 0.25) is 0 Å². The van der Waals surface area contributed by atoms with Crippen molar-refractivity contribution >= 4 is 51.4 Å². The van der Waals surface area contributed by atoms with Crippen LogP contribution in [0.2, 0.25) is 0 Å². The van der Waals surface area contributed by atoms with Crippen molar-refractivity contribution in [2.24, 2.45) is 0 Å². The lowest BCUT2D eigenvalue weighted by Gasteiger charge is -2.31. The Morgan fingerprint density at radius 2 is 1.78 bits per heavy atom. The van der Waals surface area contributed by atoms with Gasteiger partial charge in [0.05, 0.1) is 37.3 Å². The Hall–Kier alpha value is -3.49. The number of morpholine rings is 1. The summed E-state index contributed by atoms with van der Waals surface area (Å²) in [6.07, 6.45) is 0. The second-order valence-corrected chi connectivity index (χ2v) is 7.67. The quantitative estimate of drug-likeness (QED) is 0.465. The van der Waals surface area contributed by atoms with E-state index in [0.717, 1.165) is 16.5 Å². The third-order valence-electron chi connectivity index (χ3n) is 5.28. The van der Waals surface area contributed by atoms with E-state index >= 15 is 0 Å². The summed E-state index contributed by atoms with van der Waals surface area (Å²) in [6, 6.07) is 18.4. The standard InChI is InChI=1S/C24H23N3O4S/c1-30-23(29)17-9-10-21(27-11-13-31-14-12-27)20(15-17)25-24(32)26-22(28)19-8-4-6-16-5-2-3-7-18(16)19/h2-10,15H,11-14H2,1H3,(H2,25,26,28,32). The third-order valence-corrected chi connectivity index (χ3v) is 5.48. The van der Waals surface area contributed by atoms with E-state index in [0.29, 0.717) is 43.1 Å². The van der Waals surface area contributed by atoms with Gasteiger partial charge < -0.3 is 19.7 Å². The Balaban J connectivity index is 1.57. The largest absolute Gasteiger partial charge is 0.465 e. The lowest BCUT2D eigenvalue weighted by atomic mass is 10.0. The van der Waals surface area contributed by atoms with Gasteiger partial charge in [0, 0.05) is 18.7 Å². The highest BCUT2D eigenvalue weighted by atomic mass is 32.1. The van der Waals surface area contributed by atoms with Crippen molar-refractivity contribution in [3.63, 3.8) is 0 Å². The summed E-state index contributed by atoms with van der Waals surface area (Å²) in [7, 11) is 1.33. The van der Waals surface area contributed by atoms with E-state index in [1.54, 1.807) is 18.2 Å². The van der Waals surface area contributed by atoms with Gasteiger partial charge in [-0.15, -0.1) is 0 Å². The fraction of sp³-hybridized carbons (Fsp3) is 0.208. The highest BCUT2D eigenvalue weighted by Gasteiger charge is 2.19. The molecule has 0 saturated carbocycles. The summed E-state index contributed by atoms with van der Waals surface area (Å²) in [4.78, 5) is 27.1. The lowest BCUT2D eigenvalue weighted by Crippen LogP contribution is -2.38. The van der Waals surface area contributed by atoms with Crippen LogP contribution >= 0.6 is 12.2 Å². The molecule has 0 aliphatic carbocycles. The number of methoxy groups -OCH3 is 1. The van der Waals surface area contributed by atoms with E-state index < -0.39 is 5.97 Å². The van der Waals surface area contributed by atoms with Gasteiger partial charge >= 0.3 is 5.97 Å². The first-order valence-electron chi connectivity index (χ1n) is 10.2. The summed E-state index contributed by atoms with van der Waals surface area (Å²) in [6.45, 7) is 2.64. The van der Waals surface area contributed by atoms with Crippen LogP contribution in [-0.2, 0) is 9.47 Å². The Morgan fingerprint density at radius 3 is 2.56 bits per heavy atom. The number of fused-ring (bicyclic) bond motifs is 1. The van der Waals surface area contributed by atoms with Gasteiger partial charge in [-0.2, -0.15) is 0 Å². The van der Waals surface area contributed by atoms with Crippen molar-refractivity contribution in [3.05, 3.63) is 71.8 Å². The number of anilines is 2. The molecule has 1 aliphatic rings. The molecular weight excluding hydrogens is 426 g/mol. The van der Waals surface area contributed by atoms with Crippen LogP contribution < -0.4 is 15.5 Å². The van der Waals surface area contributed by atoms with Gasteiger partial charge in [-0.25, -0.2) is 4.79 Å². The predicted octanol–water partition coefficient (Wildman–Crippen LogP) is 3.59. The number of hydrogen-bond donors (Lipinski definition) is 2. The smallest absolute Gasteiger partial charge is 0.337 e. The molecule has 0 aromatic heterocycles. The lowest BCUT2D eigenvalue weighted by molar-refractivity contribution is 0.0600. The average Bonchev–Trinajstić information content (AvgIpc) is 2.83. The van der Waals surface area contributed by atoms with E-state index in [9.17, 15) is 9.59 Å². The van der Waals surface area contributed by atoms with Crippen molar-refractivity contribution in [3.8, 4) is 0 Å². The van der Waals surface area contributed by atoms with E-state index in [-0.39, 0.29) is 11.0 Å². The van der Waals surface area contributed by atoms with Crippen LogP contribution in [-0.4, -0.2) is 50.4 Å². The number of rotatable bonds is 4. The second kappa shape index (κ2) is 9.76. The van der Waals surface area contributed by atoms with Crippen molar-refractivity contribution < 1.29 is 19.1 Å². The SMILES string of the molecule is COC(=O)c1ccc(N2CCOCC2)c(NC(=S)NC(=O)c2cccc3ccccc23)c1. The zero-order valence-electron chi connectivity index (χ0n) is 17.6. The van der Waals surface area contributed by atoms with E-state index in [1.807, 2.05) is 42.5 Å². The van der Waals surface area contributed by atoms with Crippen molar-refractivity contribution in [1.29, 1.82) is 0 Å². The molecular formula is C24H23N3O4S. The second-order valence-electron chi connectivity index (χ2n) is 7.26. The fourth-order valence-electron chi connectivity index (χ4n) is 3.71. The van der Waals surface area contributed by atoms with Crippen molar-refractivity contribution in [2.75, 3.05) is 43.6 Å². The number of carbonyl (C=O) groups excluding carboxylic acids is 2. The summed E-state index contributed by atoms with van der Waals surface area (Å²) >= 11 is 5.43. The maximum absolute atomic E-state index is 12.9. The first kappa shape index (κ1) is 21.7. The van der Waals surface area contributed by atoms with Gasteiger partial charge in [0.1, 0.15) is 0 Å². The van der Waals surface area contributed by atoms with Crippen LogP contribution in [0.1, 0.15) is 20.7 Å². The molecule has 1 fully saturated rings. The van der Waals surface area contributed by atoms with Crippen LogP contribution in [0.15, 0.2) is 60.7 Å². The average molecular weight is 450 g/mol. The zero-order valence-corrected chi connectivity index (χ0v) is 18.4. The third kappa shape index (κ3) is 4.71. The maximum Gasteiger partial charge on any atom is 0.337 e. The minimum Gasteiger partial charge on any atom is -0.465 e. The minimum atomic E-state index is -0.452. The molecule has 3 aromatic rings. The van der Waals surface area contributed by atoms with Crippen LogP contribution in [0, 0.1) is 0 Å². The first-order valence-corrected chi connectivity index (χ1v) is 10.6. The molecule has 2 N–H and O–H groups in total. The summed E-state index contributed by atoms with van der Waals surface area (Å²) in [5.74, 6) is -0.761. The molecule has 1 heterocycles. The molecule has 1 aliphatic heterocycles. The number of ether oxygens (including phenoxy) is 2. The number of carbonyl (C=O) groups is 2. The fourth-order valence-corrected chi connectivity index (χ4v) is 3.91. The molecule has 1 amide bonds. The van der Waals surface area contributed by atoms with Crippen LogP contribution in [0.4, 0.5) is 11.4 Å². The maximum atomic E-state index is 12.9. The number of esters is 1. The number of thiocarbonyl (C=S) groups is 1. The molecule has 0 atom stereocenters. The molecule has 0 unspecified atom stereocenters. The van der Waals surface area contributed by atoms with Gasteiger partial charge in [-0.1, -0.05) is 36.4 Å². The summed E-state index contributed by atoms with van der Waals surface area (Å²) < 4.78 is 10.3. The number of hydrogen-bond acceptors (Lipinski definition) is 6. The molecule has 164 valence electrons. The number of benzene rings is 3. The normalized spacial score (nSPS) is 13.5. The van der Waals surface area contributed by atoms with Crippen LogP contribution in [0.5, 0.6) is 0 Å². The highest BCUT2D eigenvalue weighted by molar-refractivity contribution is 7.80. The van der Waals surface area contributed by atoms with Crippen molar-refractivity contribution in [2.45, 2.75) is 0 Å². The highest BCUT2D eigenvalue weighted by Crippen LogP contribution is 2.28. The topological polar surface area (TPSA) is 79.9 Å². The molecule has 0 bridgehead atoms. The molecule has 7 nitrogen and oxygen atoms in total. The van der Waals surface area contributed by atoms with Gasteiger partial charge in [-0.3, -0.25) is 10.1 Å². The van der Waals surface area contributed by atoms with Crippen LogP contribution in [0.25, 0.3) is 10.8 Å². The summed E-state index contributed by atoms with van der Waals surface area (Å²) in [5.41, 5.74) is 2.39. The Kier molecular flexibility index (Phi) is 6.63. The molecule has 3 aromatic carbocycles. The summed E-state index contributed by atoms with van der Waals surface area (Å²) in [5, 5.41) is 7.79. The molecule has 1 saturated heterocycles. The van der Waals surface area contributed by atoms with Gasteiger partial charge in [-0.05, 0) is 47.3 Å². The minimum absolute atomic E-state index is 0.138. The van der Waals surface area contributed by atoms with Gasteiger partial charge in [0.15, 0.2) is 5.11 Å². The predicted molar refractivity (Wildman–Crippen MR) is 128 cm³/mol. The first-order chi connectivity index (χ1) is 15.6.